The van der Waals surface area contributed by atoms with Gasteiger partial charge in [-0.05, 0) is 63.0 Å². The van der Waals surface area contributed by atoms with Crippen molar-refractivity contribution in [2.45, 2.75) is 113 Å². The summed E-state index contributed by atoms with van der Waals surface area (Å²) >= 11 is 0. The van der Waals surface area contributed by atoms with E-state index in [4.69, 9.17) is 28.7 Å². The smallest absolute Gasteiger partial charge is 0.254 e. The number of hydrogen-bond acceptors (Lipinski definition) is 11. The Bertz CT molecular complexity index is 1740. The lowest BCUT2D eigenvalue weighted by Gasteiger charge is -2.30. The van der Waals surface area contributed by atoms with Crippen molar-refractivity contribution < 1.29 is 33.6 Å². The van der Waals surface area contributed by atoms with Gasteiger partial charge in [0.1, 0.15) is 36.3 Å². The summed E-state index contributed by atoms with van der Waals surface area (Å²) in [6, 6.07) is 2.38. The predicted octanol–water partition coefficient (Wildman–Crippen LogP) is -1.33. The second kappa shape index (κ2) is 24.9. The zero-order chi connectivity index (χ0) is 44.3. The summed E-state index contributed by atoms with van der Waals surface area (Å²) in [7, 11) is 2.66. The Labute approximate surface area is 363 Å². The third-order valence-electron chi connectivity index (χ3n) is 10.8. The van der Waals surface area contributed by atoms with Gasteiger partial charge < -0.3 is 60.2 Å². The first-order chi connectivity index (χ1) is 29.2. The zero-order valence-corrected chi connectivity index (χ0v) is 36.0. The van der Waals surface area contributed by atoms with E-state index in [9.17, 15) is 33.6 Å². The third kappa shape index (κ3) is 15.9. The summed E-state index contributed by atoms with van der Waals surface area (Å²) in [5, 5.41) is 13.8. The fourth-order valence-electron chi connectivity index (χ4n) is 7.53. The maximum atomic E-state index is 14.3. The van der Waals surface area contributed by atoms with Crippen LogP contribution in [0.2, 0.25) is 0 Å². The quantitative estimate of drug-likeness (QED) is 0.0315. The molecule has 0 unspecified atom stereocenters. The molecule has 4 rings (SSSR count). The van der Waals surface area contributed by atoms with Gasteiger partial charge in [0.25, 0.3) is 5.91 Å². The van der Waals surface area contributed by atoms with Crippen LogP contribution in [0.4, 0.5) is 0 Å². The first-order valence-electron chi connectivity index (χ1n) is 20.8. The number of rotatable bonds is 20. The number of primary amides is 1. The molecule has 2 heterocycles. The normalized spacial score (nSPS) is 20.9. The molecule has 61 heavy (non-hydrogen) atoms. The topological polar surface area (TPSA) is 338 Å². The van der Waals surface area contributed by atoms with Crippen molar-refractivity contribution in [3.05, 3.63) is 35.9 Å². The Kier molecular flexibility index (Phi) is 19.7. The highest BCUT2D eigenvalue weighted by molar-refractivity contribution is 8.76. The van der Waals surface area contributed by atoms with E-state index in [0.29, 0.717) is 24.9 Å². The van der Waals surface area contributed by atoms with Crippen LogP contribution in [0.3, 0.4) is 0 Å². The Balaban J connectivity index is 1.55. The maximum Gasteiger partial charge on any atom is 0.254 e. The van der Waals surface area contributed by atoms with Gasteiger partial charge in [-0.1, -0.05) is 71.9 Å². The van der Waals surface area contributed by atoms with E-state index in [1.165, 1.54) is 26.5 Å². The fraction of sp³-hybridized carbons (Fsp3) is 0.615. The highest BCUT2D eigenvalue weighted by Crippen LogP contribution is 2.28. The number of likely N-dealkylation sites (tertiary alicyclic amines) is 1. The molecular formula is C39H61N13O7S2. The zero-order valence-electron chi connectivity index (χ0n) is 34.4. The van der Waals surface area contributed by atoms with Crippen molar-refractivity contribution in [1.82, 2.24) is 31.5 Å². The van der Waals surface area contributed by atoms with Gasteiger partial charge in [-0.3, -0.25) is 43.5 Å². The average molecular weight is 888 g/mol. The van der Waals surface area contributed by atoms with Crippen LogP contribution in [0.1, 0.15) is 87.4 Å². The average Bonchev–Trinajstić information content (AvgIpc) is 3.73. The van der Waals surface area contributed by atoms with Crippen molar-refractivity contribution in [2.24, 2.45) is 44.6 Å². The standard InChI is InChI=1S/C39H61N13O7S2/c40-31(53)28-21-60-61-22-29(35(57)50-28)51-34(56)27(20-23-10-3-1-4-11-23)49-33(55)25(14-7-17-45-38(41)42)47-32(54)26(15-8-18-46-39(43)44)48-36(58)30-16-9-19-52(30)37(59)24-12-5-2-6-13-24/h2,5-6,12-13,23,25-30H,1,3-4,7-11,14-22H2,(H2,40,53)(H,47,54)(H,48,58)(H,49,55)(H,50,57)(H,51,56)(H4,41,42,45)(H4,43,44,46)/t25-,26-,27+,28+,29+,30+/m1/s1. The molecule has 1 saturated carbocycles. The van der Waals surface area contributed by atoms with Crippen LogP contribution in [0, 0.1) is 5.92 Å². The summed E-state index contributed by atoms with van der Waals surface area (Å²) in [4.78, 5) is 104. The lowest BCUT2D eigenvalue weighted by molar-refractivity contribution is -0.135. The van der Waals surface area contributed by atoms with Gasteiger partial charge in [0.05, 0.1) is 0 Å². The minimum Gasteiger partial charge on any atom is -0.370 e. The van der Waals surface area contributed by atoms with Gasteiger partial charge in [-0.15, -0.1) is 0 Å². The van der Waals surface area contributed by atoms with Crippen molar-refractivity contribution in [3.63, 3.8) is 0 Å². The molecule has 0 radical (unpaired) electrons. The molecule has 3 aliphatic rings. The van der Waals surface area contributed by atoms with Crippen molar-refractivity contribution in [1.29, 1.82) is 0 Å². The monoisotopic (exact) mass is 887 g/mol. The van der Waals surface area contributed by atoms with E-state index in [0.717, 1.165) is 32.1 Å². The molecule has 3 fully saturated rings. The molecule has 2 aliphatic heterocycles. The van der Waals surface area contributed by atoms with Crippen LogP contribution >= 0.6 is 21.6 Å². The second-order valence-corrected chi connectivity index (χ2v) is 18.0. The van der Waals surface area contributed by atoms with Gasteiger partial charge in [-0.2, -0.15) is 0 Å². The Morgan fingerprint density at radius 3 is 1.93 bits per heavy atom. The SMILES string of the molecule is NC(=O)[C@@H]1CSSC[C@H](NC(=O)[C@H](CC2CCCCC2)NC(=O)[C@@H](CCCN=C(N)N)NC(=O)[C@@H](CCCN=C(N)N)NC(=O)[C@@H]2CCCN2C(=O)c2ccccc2)C(=O)N1. The van der Waals surface area contributed by atoms with Gasteiger partial charge >= 0.3 is 0 Å². The number of amides is 7. The molecule has 6 atom stereocenters. The number of carbonyl (C=O) groups is 7. The maximum absolute atomic E-state index is 14.3. The van der Waals surface area contributed by atoms with E-state index in [1.807, 2.05) is 0 Å². The van der Waals surface area contributed by atoms with Crippen molar-refractivity contribution in [3.8, 4) is 0 Å². The molecule has 1 aromatic carbocycles. The van der Waals surface area contributed by atoms with Crippen LogP contribution < -0.4 is 55.3 Å². The van der Waals surface area contributed by atoms with E-state index in [-0.39, 0.29) is 80.4 Å². The van der Waals surface area contributed by atoms with Crippen molar-refractivity contribution in [2.75, 3.05) is 31.1 Å². The largest absolute Gasteiger partial charge is 0.370 e. The van der Waals surface area contributed by atoms with Crippen LogP contribution in [-0.4, -0.2) is 126 Å². The van der Waals surface area contributed by atoms with E-state index < -0.39 is 71.7 Å². The van der Waals surface area contributed by atoms with E-state index in [2.05, 4.69) is 36.6 Å². The summed E-state index contributed by atoms with van der Waals surface area (Å²) in [6.07, 6.45) is 6.65. The van der Waals surface area contributed by atoms with Crippen LogP contribution in [0.15, 0.2) is 40.3 Å². The molecule has 15 N–H and O–H groups in total. The molecule has 0 aromatic heterocycles. The molecule has 2 saturated heterocycles. The number of guanidine groups is 2. The number of benzene rings is 1. The Morgan fingerprint density at radius 1 is 0.738 bits per heavy atom. The summed E-state index contributed by atoms with van der Waals surface area (Å²) in [5.74, 6) is -3.75. The lowest BCUT2D eigenvalue weighted by atomic mass is 9.84. The summed E-state index contributed by atoms with van der Waals surface area (Å²) in [6.45, 7) is 0.653. The predicted molar refractivity (Wildman–Crippen MR) is 235 cm³/mol. The number of carbonyl (C=O) groups excluding carboxylic acids is 7. The third-order valence-corrected chi connectivity index (χ3v) is 13.2. The first-order valence-corrected chi connectivity index (χ1v) is 23.2. The number of nitrogens with one attached hydrogen (secondary N) is 5. The summed E-state index contributed by atoms with van der Waals surface area (Å²) < 4.78 is 0. The number of nitrogens with two attached hydrogens (primary N) is 5. The molecule has 336 valence electrons. The minimum absolute atomic E-state index is 0.0518. The van der Waals surface area contributed by atoms with Crippen LogP contribution in [-0.2, 0) is 28.8 Å². The molecule has 20 nitrogen and oxygen atoms in total. The van der Waals surface area contributed by atoms with Gasteiger partial charge in [-0.25, -0.2) is 0 Å². The molecular weight excluding hydrogens is 827 g/mol. The van der Waals surface area contributed by atoms with E-state index >= 15 is 0 Å². The minimum atomic E-state index is -1.21. The van der Waals surface area contributed by atoms with Gasteiger partial charge in [0, 0.05) is 36.7 Å². The van der Waals surface area contributed by atoms with Gasteiger partial charge in [0.2, 0.25) is 35.4 Å². The van der Waals surface area contributed by atoms with Gasteiger partial charge in [0.15, 0.2) is 11.9 Å². The number of nitrogens with zero attached hydrogens (tertiary/aromatic N) is 3. The Hall–Kier alpha value is -5.25. The molecule has 0 spiro atoms. The summed E-state index contributed by atoms with van der Waals surface area (Å²) in [5.41, 5.74) is 28.0. The molecule has 7 amide bonds. The molecule has 0 bridgehead atoms. The lowest BCUT2D eigenvalue weighted by Crippen LogP contribution is -2.60. The van der Waals surface area contributed by atoms with E-state index in [1.54, 1.807) is 30.3 Å². The fourth-order valence-corrected chi connectivity index (χ4v) is 9.87. The number of aliphatic imine (C=N–C) groups is 2. The molecule has 22 heteroatoms. The number of hydrogen-bond donors (Lipinski definition) is 10. The molecule has 1 aromatic rings. The van der Waals surface area contributed by atoms with Crippen LogP contribution in [0.5, 0.6) is 0 Å². The highest BCUT2D eigenvalue weighted by Gasteiger charge is 2.38. The highest BCUT2D eigenvalue weighted by atomic mass is 33.1. The second-order valence-electron chi connectivity index (χ2n) is 15.4. The van der Waals surface area contributed by atoms with Crippen molar-refractivity contribution >= 4 is 74.9 Å². The Morgan fingerprint density at radius 2 is 1.33 bits per heavy atom. The molecule has 1 aliphatic carbocycles. The van der Waals surface area contributed by atoms with Crippen LogP contribution in [0.25, 0.3) is 0 Å². The first kappa shape index (κ1) is 48.4.